The van der Waals surface area contributed by atoms with Gasteiger partial charge < -0.3 is 19.3 Å². The number of aromatic nitrogens is 2. The highest BCUT2D eigenvalue weighted by molar-refractivity contribution is 6.30. The zero-order valence-corrected chi connectivity index (χ0v) is 14.9. The number of hydrogen-bond acceptors (Lipinski definition) is 4. The van der Waals surface area contributed by atoms with Crippen LogP contribution in [0.15, 0.2) is 48.2 Å². The summed E-state index contributed by atoms with van der Waals surface area (Å²) in [6.07, 6.45) is 0. The summed E-state index contributed by atoms with van der Waals surface area (Å²) in [5, 5.41) is 19.2. The SMILES string of the molecule is COc1ccc2c(c1)nc(C1=C(O)CN(c3ccccc3C)C1=N)n2C. The van der Waals surface area contributed by atoms with Gasteiger partial charge in [0.05, 0.1) is 30.3 Å². The molecule has 0 radical (unpaired) electrons. The first-order valence-corrected chi connectivity index (χ1v) is 8.36. The van der Waals surface area contributed by atoms with E-state index in [4.69, 9.17) is 10.1 Å². The standard InChI is InChI=1S/C20H20N4O2/c1-12-6-4-5-7-15(12)24-11-17(25)18(19(24)21)20-22-14-10-13(26-3)8-9-16(14)23(20)2/h4-10,21,25H,11H2,1-3H3. The van der Waals surface area contributed by atoms with E-state index in [-0.39, 0.29) is 18.1 Å². The average Bonchev–Trinajstić information content (AvgIpc) is 3.11. The van der Waals surface area contributed by atoms with Gasteiger partial charge in [-0.1, -0.05) is 18.2 Å². The molecule has 3 aromatic rings. The Morgan fingerprint density at radius 1 is 1.19 bits per heavy atom. The third-order valence-corrected chi connectivity index (χ3v) is 4.82. The lowest BCUT2D eigenvalue weighted by atomic mass is 10.1. The van der Waals surface area contributed by atoms with Crippen molar-refractivity contribution in [2.45, 2.75) is 6.92 Å². The molecule has 0 saturated carbocycles. The second kappa shape index (κ2) is 5.91. The number of anilines is 1. The number of nitrogens with one attached hydrogen (secondary N) is 1. The summed E-state index contributed by atoms with van der Waals surface area (Å²) >= 11 is 0. The topological polar surface area (TPSA) is 74.4 Å². The number of aliphatic hydroxyl groups is 1. The number of benzene rings is 2. The lowest BCUT2D eigenvalue weighted by Gasteiger charge is -2.20. The molecule has 0 fully saturated rings. The molecule has 1 aromatic heterocycles. The Hall–Kier alpha value is -3.28. The van der Waals surface area contributed by atoms with Crippen molar-refractivity contribution in [1.82, 2.24) is 9.55 Å². The number of aryl methyl sites for hydroxylation is 2. The molecule has 0 unspecified atom stereocenters. The van der Waals surface area contributed by atoms with E-state index in [0.717, 1.165) is 28.0 Å². The van der Waals surface area contributed by atoms with Crippen LogP contribution >= 0.6 is 0 Å². The fourth-order valence-corrected chi connectivity index (χ4v) is 3.42. The Balaban J connectivity index is 1.80. The zero-order valence-electron chi connectivity index (χ0n) is 14.9. The molecule has 0 amide bonds. The maximum absolute atomic E-state index is 10.6. The minimum absolute atomic E-state index is 0.156. The summed E-state index contributed by atoms with van der Waals surface area (Å²) in [5.74, 6) is 1.71. The number of fused-ring (bicyclic) bond motifs is 1. The first-order valence-electron chi connectivity index (χ1n) is 8.36. The maximum Gasteiger partial charge on any atom is 0.148 e. The summed E-state index contributed by atoms with van der Waals surface area (Å²) in [4.78, 5) is 6.46. The number of rotatable bonds is 3. The molecule has 6 nitrogen and oxygen atoms in total. The summed E-state index contributed by atoms with van der Waals surface area (Å²) in [6, 6.07) is 13.5. The summed E-state index contributed by atoms with van der Waals surface area (Å²) < 4.78 is 7.17. The van der Waals surface area contributed by atoms with Crippen LogP contribution in [-0.4, -0.2) is 34.1 Å². The maximum atomic E-state index is 10.6. The van der Waals surface area contributed by atoms with Crippen LogP contribution in [-0.2, 0) is 7.05 Å². The molecule has 6 heteroatoms. The highest BCUT2D eigenvalue weighted by Gasteiger charge is 2.32. The van der Waals surface area contributed by atoms with Crippen molar-refractivity contribution in [3.05, 3.63) is 59.6 Å². The number of nitrogens with zero attached hydrogens (tertiary/aromatic N) is 3. The number of para-hydroxylation sites is 1. The molecule has 0 spiro atoms. The van der Waals surface area contributed by atoms with Gasteiger partial charge in [-0.3, -0.25) is 5.41 Å². The van der Waals surface area contributed by atoms with Crippen LogP contribution in [0, 0.1) is 12.3 Å². The molecule has 2 heterocycles. The van der Waals surface area contributed by atoms with E-state index in [1.807, 2.05) is 61.0 Å². The predicted molar refractivity (Wildman–Crippen MR) is 103 cm³/mol. The molecule has 0 saturated heterocycles. The quantitative estimate of drug-likeness (QED) is 0.757. The molecule has 26 heavy (non-hydrogen) atoms. The van der Waals surface area contributed by atoms with Crippen molar-refractivity contribution in [3.8, 4) is 5.75 Å². The number of hydrogen-bond donors (Lipinski definition) is 2. The van der Waals surface area contributed by atoms with E-state index >= 15 is 0 Å². The van der Waals surface area contributed by atoms with Gasteiger partial charge in [0, 0.05) is 18.8 Å². The van der Waals surface area contributed by atoms with E-state index in [2.05, 4.69) is 4.98 Å². The van der Waals surface area contributed by atoms with Gasteiger partial charge in [-0.25, -0.2) is 4.98 Å². The summed E-state index contributed by atoms with van der Waals surface area (Å²) in [5.41, 5.74) is 4.12. The van der Waals surface area contributed by atoms with E-state index in [1.54, 1.807) is 12.0 Å². The first kappa shape index (κ1) is 16.2. The third kappa shape index (κ3) is 2.34. The monoisotopic (exact) mass is 348 g/mol. The Bertz CT molecular complexity index is 1060. The molecule has 1 aliphatic rings. The zero-order chi connectivity index (χ0) is 18.4. The molecule has 2 aromatic carbocycles. The van der Waals surface area contributed by atoms with Crippen molar-refractivity contribution in [2.24, 2.45) is 7.05 Å². The highest BCUT2D eigenvalue weighted by Crippen LogP contribution is 2.33. The van der Waals surface area contributed by atoms with Gasteiger partial charge in [0.1, 0.15) is 23.2 Å². The van der Waals surface area contributed by atoms with Crippen LogP contribution < -0.4 is 9.64 Å². The molecule has 132 valence electrons. The fourth-order valence-electron chi connectivity index (χ4n) is 3.42. The van der Waals surface area contributed by atoms with Gasteiger partial charge in [0.2, 0.25) is 0 Å². The molecule has 0 bridgehead atoms. The van der Waals surface area contributed by atoms with Crippen molar-refractivity contribution in [3.63, 3.8) is 0 Å². The summed E-state index contributed by atoms with van der Waals surface area (Å²) in [6.45, 7) is 2.27. The second-order valence-electron chi connectivity index (χ2n) is 6.39. The van der Waals surface area contributed by atoms with Crippen LogP contribution in [0.5, 0.6) is 5.75 Å². The Kier molecular flexibility index (Phi) is 3.68. The van der Waals surface area contributed by atoms with E-state index in [1.165, 1.54) is 0 Å². The highest BCUT2D eigenvalue weighted by atomic mass is 16.5. The minimum atomic E-state index is 0.156. The van der Waals surface area contributed by atoms with Crippen LogP contribution in [0.2, 0.25) is 0 Å². The van der Waals surface area contributed by atoms with Crippen molar-refractivity contribution in [2.75, 3.05) is 18.6 Å². The van der Waals surface area contributed by atoms with E-state index in [9.17, 15) is 5.11 Å². The van der Waals surface area contributed by atoms with Gasteiger partial charge in [0.25, 0.3) is 0 Å². The normalized spacial score (nSPS) is 14.6. The average molecular weight is 348 g/mol. The molecule has 4 rings (SSSR count). The number of imidazole rings is 1. The minimum Gasteiger partial charge on any atom is -0.509 e. The molecule has 0 atom stereocenters. The molecular formula is C20H20N4O2. The van der Waals surface area contributed by atoms with Crippen molar-refractivity contribution < 1.29 is 9.84 Å². The molecule has 1 aliphatic heterocycles. The number of aliphatic hydroxyl groups excluding tert-OH is 1. The third-order valence-electron chi connectivity index (χ3n) is 4.82. The predicted octanol–water partition coefficient (Wildman–Crippen LogP) is 3.66. The van der Waals surface area contributed by atoms with E-state index < -0.39 is 0 Å². The van der Waals surface area contributed by atoms with Gasteiger partial charge in [-0.2, -0.15) is 0 Å². The first-order chi connectivity index (χ1) is 12.5. The van der Waals surface area contributed by atoms with E-state index in [0.29, 0.717) is 11.4 Å². The van der Waals surface area contributed by atoms with Gasteiger partial charge in [-0.15, -0.1) is 0 Å². The molecular weight excluding hydrogens is 328 g/mol. The van der Waals surface area contributed by atoms with Crippen LogP contribution in [0.1, 0.15) is 11.4 Å². The van der Waals surface area contributed by atoms with Crippen molar-refractivity contribution in [1.29, 1.82) is 5.41 Å². The van der Waals surface area contributed by atoms with Crippen LogP contribution in [0.3, 0.4) is 0 Å². The lowest BCUT2D eigenvalue weighted by Crippen LogP contribution is -2.27. The molecule has 2 N–H and O–H groups in total. The number of methoxy groups -OCH3 is 1. The largest absolute Gasteiger partial charge is 0.509 e. The number of amidine groups is 1. The van der Waals surface area contributed by atoms with Gasteiger partial charge in [0.15, 0.2) is 0 Å². The second-order valence-corrected chi connectivity index (χ2v) is 6.39. The van der Waals surface area contributed by atoms with Crippen LogP contribution in [0.25, 0.3) is 16.6 Å². The lowest BCUT2D eigenvalue weighted by molar-refractivity contribution is 0.411. The number of ether oxygens (including phenoxy) is 1. The Labute approximate surface area is 151 Å². The smallest absolute Gasteiger partial charge is 0.148 e. The Morgan fingerprint density at radius 3 is 2.69 bits per heavy atom. The summed E-state index contributed by atoms with van der Waals surface area (Å²) in [7, 11) is 3.51. The molecule has 0 aliphatic carbocycles. The Morgan fingerprint density at radius 2 is 1.96 bits per heavy atom. The van der Waals surface area contributed by atoms with Crippen LogP contribution in [0.4, 0.5) is 5.69 Å². The van der Waals surface area contributed by atoms with Gasteiger partial charge in [-0.05, 0) is 30.7 Å². The fraction of sp³-hybridized carbons (Fsp3) is 0.200. The van der Waals surface area contributed by atoms with Crippen molar-refractivity contribution >= 4 is 28.1 Å². The van der Waals surface area contributed by atoms with Gasteiger partial charge >= 0.3 is 0 Å².